The highest BCUT2D eigenvalue weighted by atomic mass is 16.1. The Hall–Kier alpha value is -2.43. The van der Waals surface area contributed by atoms with Crippen LogP contribution in [0, 0.1) is 19.8 Å². The van der Waals surface area contributed by atoms with E-state index >= 15 is 0 Å². The summed E-state index contributed by atoms with van der Waals surface area (Å²) in [4.78, 5) is 23.8. The van der Waals surface area contributed by atoms with Crippen molar-refractivity contribution < 1.29 is 4.79 Å². The third-order valence-electron chi connectivity index (χ3n) is 4.72. The van der Waals surface area contributed by atoms with E-state index in [1.807, 2.05) is 38.1 Å². The van der Waals surface area contributed by atoms with Crippen LogP contribution in [-0.2, 0) is 6.54 Å². The number of piperidine rings is 1. The number of hydrogen-bond donors (Lipinski definition) is 1. The molecule has 0 spiro atoms. The van der Waals surface area contributed by atoms with E-state index in [9.17, 15) is 4.79 Å². The monoisotopic (exact) mass is 338 g/mol. The number of carbonyl (C=O) groups is 1. The molecule has 0 radical (unpaired) electrons. The van der Waals surface area contributed by atoms with E-state index in [0.29, 0.717) is 24.1 Å². The maximum Gasteiger partial charge on any atom is 0.270 e. The minimum absolute atomic E-state index is 0.153. The molecule has 2 heterocycles. The predicted octanol–water partition coefficient (Wildman–Crippen LogP) is 3.26. The van der Waals surface area contributed by atoms with Crippen LogP contribution < -0.4 is 10.2 Å². The Labute approximate surface area is 149 Å². The molecule has 5 nitrogen and oxygen atoms in total. The van der Waals surface area contributed by atoms with Crippen molar-refractivity contribution in [2.24, 2.45) is 5.92 Å². The van der Waals surface area contributed by atoms with Gasteiger partial charge in [-0.2, -0.15) is 0 Å². The second kappa shape index (κ2) is 7.64. The highest BCUT2D eigenvalue weighted by molar-refractivity contribution is 5.92. The molecule has 1 atom stereocenters. The van der Waals surface area contributed by atoms with Crippen molar-refractivity contribution in [2.45, 2.75) is 40.2 Å². The smallest absolute Gasteiger partial charge is 0.270 e. The number of anilines is 1. The van der Waals surface area contributed by atoms with E-state index in [1.54, 1.807) is 6.07 Å². The summed E-state index contributed by atoms with van der Waals surface area (Å²) in [5.74, 6) is 1.16. The number of aryl methyl sites for hydroxylation is 2. The largest absolute Gasteiger partial charge is 0.347 e. The number of rotatable bonds is 4. The molecule has 3 rings (SSSR count). The molecule has 1 unspecified atom stereocenters. The number of nitrogens with zero attached hydrogens (tertiary/aromatic N) is 3. The first-order chi connectivity index (χ1) is 12.0. The van der Waals surface area contributed by atoms with Gasteiger partial charge in [-0.25, -0.2) is 9.97 Å². The lowest BCUT2D eigenvalue weighted by Gasteiger charge is -2.31. The van der Waals surface area contributed by atoms with Crippen LogP contribution in [0.25, 0.3) is 0 Å². The van der Waals surface area contributed by atoms with Crippen LogP contribution in [0.5, 0.6) is 0 Å². The SMILES string of the molecule is Cc1cc(C(=O)NCc2ccccc2C)nc(N2CCCC(C)C2)n1. The zero-order valence-electron chi connectivity index (χ0n) is 15.2. The molecule has 1 aliphatic heterocycles. The number of aromatic nitrogens is 2. The molecule has 132 valence electrons. The van der Waals surface area contributed by atoms with E-state index < -0.39 is 0 Å². The van der Waals surface area contributed by atoms with E-state index in [1.165, 1.54) is 12.0 Å². The molecule has 1 amide bonds. The van der Waals surface area contributed by atoms with Crippen LogP contribution in [0.4, 0.5) is 5.95 Å². The summed E-state index contributed by atoms with van der Waals surface area (Å²) >= 11 is 0. The van der Waals surface area contributed by atoms with Crippen molar-refractivity contribution in [1.29, 1.82) is 0 Å². The minimum atomic E-state index is -0.153. The second-order valence-electron chi connectivity index (χ2n) is 7.00. The van der Waals surface area contributed by atoms with Crippen molar-refractivity contribution in [3.8, 4) is 0 Å². The average molecular weight is 338 g/mol. The standard InChI is InChI=1S/C20H26N4O/c1-14-7-6-10-24(13-14)20-22-16(3)11-18(23-20)19(25)21-12-17-9-5-4-8-15(17)2/h4-5,8-9,11,14H,6-7,10,12-13H2,1-3H3,(H,21,25). The van der Waals surface area contributed by atoms with E-state index in [2.05, 4.69) is 27.1 Å². The number of amides is 1. The fraction of sp³-hybridized carbons (Fsp3) is 0.450. The van der Waals surface area contributed by atoms with Gasteiger partial charge in [0.15, 0.2) is 0 Å². The maximum atomic E-state index is 12.6. The molecule has 0 bridgehead atoms. The Morgan fingerprint density at radius 1 is 1.28 bits per heavy atom. The summed E-state index contributed by atoms with van der Waals surface area (Å²) in [6.07, 6.45) is 2.39. The molecule has 2 aromatic rings. The van der Waals surface area contributed by atoms with Crippen LogP contribution in [0.15, 0.2) is 30.3 Å². The number of nitrogens with one attached hydrogen (secondary N) is 1. The lowest BCUT2D eigenvalue weighted by molar-refractivity contribution is 0.0945. The summed E-state index contributed by atoms with van der Waals surface area (Å²) in [5, 5.41) is 2.97. The Kier molecular flexibility index (Phi) is 5.31. The Morgan fingerprint density at radius 2 is 2.08 bits per heavy atom. The zero-order chi connectivity index (χ0) is 17.8. The second-order valence-corrected chi connectivity index (χ2v) is 7.00. The molecule has 0 saturated carbocycles. The summed E-state index contributed by atoms with van der Waals surface area (Å²) < 4.78 is 0. The van der Waals surface area contributed by atoms with Gasteiger partial charge in [-0.05, 0) is 49.8 Å². The third-order valence-corrected chi connectivity index (χ3v) is 4.72. The average Bonchev–Trinajstić information content (AvgIpc) is 2.60. The van der Waals surface area contributed by atoms with Crippen LogP contribution >= 0.6 is 0 Å². The Morgan fingerprint density at radius 3 is 2.84 bits per heavy atom. The fourth-order valence-electron chi connectivity index (χ4n) is 3.26. The molecule has 5 heteroatoms. The van der Waals surface area contributed by atoms with Crippen molar-refractivity contribution in [3.05, 3.63) is 52.8 Å². The van der Waals surface area contributed by atoms with Gasteiger partial charge in [-0.3, -0.25) is 4.79 Å². The van der Waals surface area contributed by atoms with Crippen LogP contribution in [0.2, 0.25) is 0 Å². The zero-order valence-corrected chi connectivity index (χ0v) is 15.2. The summed E-state index contributed by atoms with van der Waals surface area (Å²) in [5.41, 5.74) is 3.55. The van der Waals surface area contributed by atoms with Crippen LogP contribution in [0.1, 0.15) is 47.1 Å². The minimum Gasteiger partial charge on any atom is -0.347 e. The molecule has 0 aliphatic carbocycles. The topological polar surface area (TPSA) is 58.1 Å². The molecule has 1 aromatic heterocycles. The summed E-state index contributed by atoms with van der Waals surface area (Å²) in [6.45, 7) is 8.62. The van der Waals surface area contributed by atoms with Crippen molar-refractivity contribution in [2.75, 3.05) is 18.0 Å². The first-order valence-electron chi connectivity index (χ1n) is 8.96. The van der Waals surface area contributed by atoms with E-state index in [0.717, 1.165) is 30.8 Å². The van der Waals surface area contributed by atoms with Crippen molar-refractivity contribution in [1.82, 2.24) is 15.3 Å². The molecule has 25 heavy (non-hydrogen) atoms. The van der Waals surface area contributed by atoms with Gasteiger partial charge in [0.2, 0.25) is 5.95 Å². The van der Waals surface area contributed by atoms with Gasteiger partial charge in [0.1, 0.15) is 5.69 Å². The highest BCUT2D eigenvalue weighted by Crippen LogP contribution is 2.20. The van der Waals surface area contributed by atoms with Crippen LogP contribution in [-0.4, -0.2) is 29.0 Å². The first kappa shape index (κ1) is 17.4. The van der Waals surface area contributed by atoms with Gasteiger partial charge in [0.05, 0.1) is 0 Å². The molecule has 1 fully saturated rings. The molecule has 1 N–H and O–H groups in total. The molecular formula is C20H26N4O. The van der Waals surface area contributed by atoms with Crippen molar-refractivity contribution >= 4 is 11.9 Å². The molecule has 1 saturated heterocycles. The first-order valence-corrected chi connectivity index (χ1v) is 8.96. The van der Waals surface area contributed by atoms with E-state index in [4.69, 9.17) is 0 Å². The van der Waals surface area contributed by atoms with Gasteiger partial charge in [-0.1, -0.05) is 31.2 Å². The van der Waals surface area contributed by atoms with Gasteiger partial charge >= 0.3 is 0 Å². The van der Waals surface area contributed by atoms with Gasteiger partial charge < -0.3 is 10.2 Å². The predicted molar refractivity (Wildman–Crippen MR) is 99.7 cm³/mol. The normalized spacial score (nSPS) is 17.4. The Balaban J connectivity index is 1.73. The maximum absolute atomic E-state index is 12.6. The summed E-state index contributed by atoms with van der Waals surface area (Å²) in [7, 11) is 0. The van der Waals surface area contributed by atoms with Crippen LogP contribution in [0.3, 0.4) is 0 Å². The van der Waals surface area contributed by atoms with Gasteiger partial charge in [-0.15, -0.1) is 0 Å². The highest BCUT2D eigenvalue weighted by Gasteiger charge is 2.20. The molecule has 1 aromatic carbocycles. The molecule has 1 aliphatic rings. The lowest BCUT2D eigenvalue weighted by Crippen LogP contribution is -2.36. The number of carbonyl (C=O) groups excluding carboxylic acids is 1. The van der Waals surface area contributed by atoms with Gasteiger partial charge in [0.25, 0.3) is 5.91 Å². The van der Waals surface area contributed by atoms with Crippen molar-refractivity contribution in [3.63, 3.8) is 0 Å². The Bertz CT molecular complexity index is 759. The van der Waals surface area contributed by atoms with Gasteiger partial charge in [0, 0.05) is 25.3 Å². The lowest BCUT2D eigenvalue weighted by atomic mass is 10.0. The number of benzene rings is 1. The van der Waals surface area contributed by atoms with E-state index in [-0.39, 0.29) is 5.91 Å². The fourth-order valence-corrected chi connectivity index (χ4v) is 3.26. The quantitative estimate of drug-likeness (QED) is 0.929. The molecular weight excluding hydrogens is 312 g/mol. The summed E-state index contributed by atoms with van der Waals surface area (Å²) in [6, 6.07) is 9.82. The number of hydrogen-bond acceptors (Lipinski definition) is 4. The third kappa shape index (κ3) is 4.35.